The molecule has 1 aliphatic carbocycles. The number of rotatable bonds is 3. The molecule has 0 aliphatic heterocycles. The van der Waals surface area contributed by atoms with Crippen LogP contribution in [-0.2, 0) is 29.0 Å². The number of hydrogen-bond donors (Lipinski definition) is 2. The highest BCUT2D eigenvalue weighted by Crippen LogP contribution is 2.38. The van der Waals surface area contributed by atoms with Crippen molar-refractivity contribution in [2.24, 2.45) is 0 Å². The zero-order valence-electron chi connectivity index (χ0n) is 12.3. The lowest BCUT2D eigenvalue weighted by atomic mass is 10.1. The summed E-state index contributed by atoms with van der Waals surface area (Å²) in [4.78, 5) is 28.9. The van der Waals surface area contributed by atoms with E-state index in [0.717, 1.165) is 35.3 Å². The van der Waals surface area contributed by atoms with Gasteiger partial charge in [0.1, 0.15) is 11.1 Å². The average molecular weight is 326 g/mol. The zero-order chi connectivity index (χ0) is 16.2. The minimum atomic E-state index is -0.759. The first-order valence-electron chi connectivity index (χ1n) is 7.21. The molecular formula is C16H14N4O2S. The van der Waals surface area contributed by atoms with Crippen LogP contribution in [0.2, 0.25) is 0 Å². The summed E-state index contributed by atoms with van der Waals surface area (Å²) in [5, 5.41) is 14.8. The van der Waals surface area contributed by atoms with Gasteiger partial charge in [-0.05, 0) is 36.5 Å². The molecule has 2 aromatic rings. The Kier molecular flexibility index (Phi) is 4.35. The van der Waals surface area contributed by atoms with Gasteiger partial charge in [-0.15, -0.1) is 11.3 Å². The summed E-state index contributed by atoms with van der Waals surface area (Å²) >= 11 is 1.39. The van der Waals surface area contributed by atoms with Crippen molar-refractivity contribution >= 4 is 28.2 Å². The number of aromatic nitrogens is 1. The molecule has 6 nitrogen and oxygen atoms in total. The highest BCUT2D eigenvalue weighted by atomic mass is 32.1. The van der Waals surface area contributed by atoms with E-state index in [1.807, 2.05) is 6.07 Å². The van der Waals surface area contributed by atoms with E-state index in [0.29, 0.717) is 10.6 Å². The summed E-state index contributed by atoms with van der Waals surface area (Å²) in [6.07, 6.45) is 6.08. The normalized spacial score (nSPS) is 12.3. The Morgan fingerprint density at radius 2 is 2.22 bits per heavy atom. The maximum atomic E-state index is 12.0. The summed E-state index contributed by atoms with van der Waals surface area (Å²) in [6, 6.07) is 5.70. The van der Waals surface area contributed by atoms with Crippen molar-refractivity contribution in [1.29, 1.82) is 5.26 Å². The fourth-order valence-electron chi connectivity index (χ4n) is 2.54. The average Bonchev–Trinajstić information content (AvgIpc) is 3.14. The molecule has 2 aromatic heterocycles. The van der Waals surface area contributed by atoms with Crippen LogP contribution in [0.3, 0.4) is 0 Å². The van der Waals surface area contributed by atoms with Crippen LogP contribution >= 0.6 is 11.3 Å². The smallest absolute Gasteiger partial charge is 0.314 e. The van der Waals surface area contributed by atoms with Gasteiger partial charge in [0, 0.05) is 23.8 Å². The van der Waals surface area contributed by atoms with Gasteiger partial charge in [0.15, 0.2) is 0 Å². The number of pyridine rings is 1. The van der Waals surface area contributed by atoms with Gasteiger partial charge in [-0.1, -0.05) is 6.07 Å². The molecule has 0 bridgehead atoms. The number of anilines is 1. The lowest BCUT2D eigenvalue weighted by Crippen LogP contribution is -2.34. The number of nitrogens with zero attached hydrogens (tertiary/aromatic N) is 2. The van der Waals surface area contributed by atoms with Gasteiger partial charge in [-0.2, -0.15) is 5.26 Å². The predicted molar refractivity (Wildman–Crippen MR) is 85.8 cm³/mol. The number of amides is 2. The van der Waals surface area contributed by atoms with Crippen LogP contribution in [0.4, 0.5) is 5.00 Å². The molecule has 0 radical (unpaired) electrons. The highest BCUT2D eigenvalue weighted by Gasteiger charge is 2.24. The van der Waals surface area contributed by atoms with Crippen molar-refractivity contribution in [1.82, 2.24) is 10.3 Å². The highest BCUT2D eigenvalue weighted by molar-refractivity contribution is 7.16. The van der Waals surface area contributed by atoms with Crippen molar-refractivity contribution in [3.8, 4) is 6.07 Å². The van der Waals surface area contributed by atoms with E-state index < -0.39 is 11.8 Å². The molecule has 0 unspecified atom stereocenters. The van der Waals surface area contributed by atoms with Gasteiger partial charge in [0.05, 0.1) is 5.56 Å². The number of thiophene rings is 1. The van der Waals surface area contributed by atoms with E-state index in [4.69, 9.17) is 0 Å². The Labute approximate surface area is 137 Å². The molecule has 3 rings (SSSR count). The van der Waals surface area contributed by atoms with Gasteiger partial charge in [0.2, 0.25) is 0 Å². The van der Waals surface area contributed by atoms with Crippen LogP contribution in [0.5, 0.6) is 0 Å². The first-order valence-corrected chi connectivity index (χ1v) is 8.03. The molecule has 0 spiro atoms. The van der Waals surface area contributed by atoms with Crippen molar-refractivity contribution in [2.75, 3.05) is 5.32 Å². The number of aryl methyl sites for hydroxylation is 1. The Balaban J connectivity index is 1.63. The number of carbonyl (C=O) groups is 2. The largest absolute Gasteiger partial charge is 0.344 e. The van der Waals surface area contributed by atoms with E-state index in [1.54, 1.807) is 18.5 Å². The van der Waals surface area contributed by atoms with Gasteiger partial charge in [-0.25, -0.2) is 0 Å². The van der Waals surface area contributed by atoms with Crippen molar-refractivity contribution in [3.63, 3.8) is 0 Å². The van der Waals surface area contributed by atoms with E-state index in [2.05, 4.69) is 21.7 Å². The van der Waals surface area contributed by atoms with Crippen LogP contribution < -0.4 is 10.6 Å². The fraction of sp³-hybridized carbons (Fsp3) is 0.250. The molecule has 116 valence electrons. The van der Waals surface area contributed by atoms with Crippen molar-refractivity contribution in [3.05, 3.63) is 46.1 Å². The molecule has 0 fully saturated rings. The second kappa shape index (κ2) is 6.58. The topological polar surface area (TPSA) is 94.9 Å². The predicted octanol–water partition coefficient (Wildman–Crippen LogP) is 1.76. The molecule has 2 heterocycles. The molecule has 1 aliphatic rings. The Bertz CT molecular complexity index is 792. The summed E-state index contributed by atoms with van der Waals surface area (Å²) in [5.41, 5.74) is 2.32. The van der Waals surface area contributed by atoms with Crippen LogP contribution in [0, 0.1) is 11.3 Å². The van der Waals surface area contributed by atoms with Crippen molar-refractivity contribution < 1.29 is 9.59 Å². The number of nitriles is 1. The maximum absolute atomic E-state index is 12.0. The van der Waals surface area contributed by atoms with Gasteiger partial charge < -0.3 is 10.6 Å². The van der Waals surface area contributed by atoms with E-state index in [9.17, 15) is 14.9 Å². The minimum absolute atomic E-state index is 0.228. The minimum Gasteiger partial charge on any atom is -0.344 e. The first-order chi connectivity index (χ1) is 11.2. The van der Waals surface area contributed by atoms with Crippen LogP contribution in [0.15, 0.2) is 24.5 Å². The SMILES string of the molecule is N#Cc1c(NC(=O)C(=O)NCc2cccnc2)sc2c1CCC2. The lowest BCUT2D eigenvalue weighted by molar-refractivity contribution is -0.136. The van der Waals surface area contributed by atoms with E-state index in [-0.39, 0.29) is 6.54 Å². The van der Waals surface area contributed by atoms with Crippen molar-refractivity contribution in [2.45, 2.75) is 25.8 Å². The number of nitrogens with one attached hydrogen (secondary N) is 2. The summed E-state index contributed by atoms with van der Waals surface area (Å²) < 4.78 is 0. The summed E-state index contributed by atoms with van der Waals surface area (Å²) in [7, 11) is 0. The third kappa shape index (κ3) is 3.22. The Hall–Kier alpha value is -2.72. The third-order valence-corrected chi connectivity index (χ3v) is 4.85. The second-order valence-electron chi connectivity index (χ2n) is 5.17. The van der Waals surface area contributed by atoms with E-state index >= 15 is 0 Å². The third-order valence-electron chi connectivity index (χ3n) is 3.64. The standard InChI is InChI=1S/C16H14N4O2S/c17-7-12-11-4-1-5-13(11)23-16(12)20-15(22)14(21)19-9-10-3-2-6-18-8-10/h2-3,6,8H,1,4-5,9H2,(H,19,21)(H,20,22). The molecule has 0 atom stereocenters. The monoisotopic (exact) mass is 326 g/mol. The van der Waals surface area contributed by atoms with E-state index in [1.165, 1.54) is 11.3 Å². The number of carbonyl (C=O) groups excluding carboxylic acids is 2. The molecule has 0 saturated heterocycles. The van der Waals surface area contributed by atoms with Gasteiger partial charge in [-0.3, -0.25) is 14.6 Å². The molecule has 7 heteroatoms. The fourth-order valence-corrected chi connectivity index (χ4v) is 3.77. The maximum Gasteiger partial charge on any atom is 0.314 e. The van der Waals surface area contributed by atoms with Gasteiger partial charge >= 0.3 is 11.8 Å². The molecule has 2 amide bonds. The lowest BCUT2D eigenvalue weighted by Gasteiger charge is -2.05. The van der Waals surface area contributed by atoms with Crippen LogP contribution in [-0.4, -0.2) is 16.8 Å². The van der Waals surface area contributed by atoms with Crippen LogP contribution in [0.25, 0.3) is 0 Å². The second-order valence-corrected chi connectivity index (χ2v) is 6.28. The molecule has 2 N–H and O–H groups in total. The number of fused-ring (bicyclic) bond motifs is 1. The molecule has 0 saturated carbocycles. The van der Waals surface area contributed by atoms with Crippen LogP contribution in [0.1, 0.15) is 28.0 Å². The van der Waals surface area contributed by atoms with Gasteiger partial charge in [0.25, 0.3) is 0 Å². The Morgan fingerprint density at radius 3 is 2.96 bits per heavy atom. The summed E-state index contributed by atoms with van der Waals surface area (Å²) in [5.74, 6) is -1.49. The first kappa shape index (κ1) is 15.2. The number of hydrogen-bond acceptors (Lipinski definition) is 5. The zero-order valence-corrected chi connectivity index (χ0v) is 13.1. The molecular weight excluding hydrogens is 312 g/mol. The Morgan fingerprint density at radius 1 is 1.35 bits per heavy atom. The molecule has 23 heavy (non-hydrogen) atoms. The summed E-state index contributed by atoms with van der Waals surface area (Å²) in [6.45, 7) is 0.228. The quantitative estimate of drug-likeness (QED) is 0.840. The molecule has 0 aromatic carbocycles.